The predicted octanol–water partition coefficient (Wildman–Crippen LogP) is 2.53. The van der Waals surface area contributed by atoms with Crippen molar-refractivity contribution >= 4 is 0 Å². The minimum absolute atomic E-state index is 0.289. The van der Waals surface area contributed by atoms with Gasteiger partial charge < -0.3 is 4.74 Å². The standard InChI is InChI=1S/C15H20N3O/c1-15(2,3)9-13-10-19-14-16-18(11-17(13)14)12-7-5-4-6-8-12/h4-8,11,13H,9-10H2,1-3H3/q+1/t13-/m0/s1. The molecule has 0 unspecified atom stereocenters. The number of para-hydroxylation sites is 1. The van der Waals surface area contributed by atoms with Crippen molar-refractivity contribution in [1.29, 1.82) is 0 Å². The fourth-order valence-corrected chi connectivity index (χ4v) is 2.51. The van der Waals surface area contributed by atoms with Crippen molar-refractivity contribution in [1.82, 2.24) is 9.78 Å². The highest BCUT2D eigenvalue weighted by atomic mass is 16.5. The summed E-state index contributed by atoms with van der Waals surface area (Å²) in [7, 11) is 0. The normalized spacial score (nSPS) is 18.2. The Hall–Kier alpha value is -1.84. The second-order valence-corrected chi connectivity index (χ2v) is 6.32. The van der Waals surface area contributed by atoms with Gasteiger partial charge in [0.1, 0.15) is 18.3 Å². The maximum absolute atomic E-state index is 5.69. The highest BCUT2D eigenvalue weighted by Crippen LogP contribution is 2.28. The van der Waals surface area contributed by atoms with Gasteiger partial charge in [-0.3, -0.25) is 0 Å². The average molecular weight is 258 g/mol. The number of fused-ring (bicyclic) bond motifs is 1. The molecule has 3 rings (SSSR count). The maximum atomic E-state index is 5.69. The van der Waals surface area contributed by atoms with E-state index in [1.54, 1.807) is 0 Å². The fourth-order valence-electron chi connectivity index (χ4n) is 2.51. The fraction of sp³-hybridized carbons (Fsp3) is 0.467. The molecule has 0 aliphatic carbocycles. The zero-order valence-corrected chi connectivity index (χ0v) is 11.7. The van der Waals surface area contributed by atoms with Gasteiger partial charge in [0.2, 0.25) is 6.33 Å². The van der Waals surface area contributed by atoms with Crippen LogP contribution in [-0.2, 0) is 0 Å². The number of hydrogen-bond donors (Lipinski definition) is 0. The van der Waals surface area contributed by atoms with Crippen LogP contribution in [0.2, 0.25) is 0 Å². The van der Waals surface area contributed by atoms with Gasteiger partial charge in [0.05, 0.1) is 5.10 Å². The van der Waals surface area contributed by atoms with Crippen molar-refractivity contribution in [3.05, 3.63) is 36.7 Å². The lowest BCUT2D eigenvalue weighted by molar-refractivity contribution is -0.707. The third kappa shape index (κ3) is 2.48. The Balaban J connectivity index is 1.89. The summed E-state index contributed by atoms with van der Waals surface area (Å²) in [5.41, 5.74) is 1.35. The van der Waals surface area contributed by atoms with Crippen LogP contribution < -0.4 is 9.30 Å². The van der Waals surface area contributed by atoms with Crippen LogP contribution in [0.3, 0.4) is 0 Å². The number of rotatable bonds is 2. The molecule has 1 aliphatic rings. The molecule has 2 aromatic rings. The lowest BCUT2D eigenvalue weighted by atomic mass is 9.88. The number of hydrogen-bond acceptors (Lipinski definition) is 2. The minimum Gasteiger partial charge on any atom is -0.435 e. The van der Waals surface area contributed by atoms with Gasteiger partial charge in [-0.25, -0.2) is 0 Å². The highest BCUT2D eigenvalue weighted by molar-refractivity contribution is 5.29. The van der Waals surface area contributed by atoms with Crippen molar-refractivity contribution in [3.63, 3.8) is 0 Å². The van der Waals surface area contributed by atoms with Crippen molar-refractivity contribution in [3.8, 4) is 11.7 Å². The Morgan fingerprint density at radius 1 is 1.32 bits per heavy atom. The SMILES string of the molecule is CC(C)(C)C[C@H]1COc2nn(-c3ccccc3)c[n+]21. The van der Waals surface area contributed by atoms with Gasteiger partial charge in [0.15, 0.2) is 0 Å². The van der Waals surface area contributed by atoms with E-state index in [0.29, 0.717) is 6.04 Å². The molecule has 2 heterocycles. The maximum Gasteiger partial charge on any atom is 0.469 e. The van der Waals surface area contributed by atoms with E-state index < -0.39 is 0 Å². The molecule has 1 aromatic carbocycles. The molecule has 0 spiro atoms. The molecule has 1 atom stereocenters. The molecule has 1 aromatic heterocycles. The van der Waals surface area contributed by atoms with Gasteiger partial charge >= 0.3 is 6.01 Å². The second-order valence-electron chi connectivity index (χ2n) is 6.32. The van der Waals surface area contributed by atoms with Crippen LogP contribution in [0, 0.1) is 5.41 Å². The van der Waals surface area contributed by atoms with E-state index >= 15 is 0 Å². The summed E-state index contributed by atoms with van der Waals surface area (Å²) in [6.07, 6.45) is 3.12. The molecule has 0 fully saturated rings. The monoisotopic (exact) mass is 258 g/mol. The summed E-state index contributed by atoms with van der Waals surface area (Å²) in [6.45, 7) is 7.50. The quantitative estimate of drug-likeness (QED) is 0.775. The van der Waals surface area contributed by atoms with E-state index in [9.17, 15) is 0 Å². The Kier molecular flexibility index (Phi) is 2.81. The zero-order chi connectivity index (χ0) is 13.5. The van der Waals surface area contributed by atoms with Crippen LogP contribution in [0.15, 0.2) is 36.7 Å². The van der Waals surface area contributed by atoms with Gasteiger partial charge in [0, 0.05) is 0 Å². The van der Waals surface area contributed by atoms with E-state index in [2.05, 4.69) is 30.4 Å². The molecule has 1 aliphatic heterocycles. The van der Waals surface area contributed by atoms with Crippen LogP contribution in [0.4, 0.5) is 0 Å². The van der Waals surface area contributed by atoms with Gasteiger partial charge in [-0.2, -0.15) is 4.57 Å². The van der Waals surface area contributed by atoms with E-state index in [1.807, 2.05) is 41.3 Å². The predicted molar refractivity (Wildman–Crippen MR) is 72.4 cm³/mol. The van der Waals surface area contributed by atoms with Crippen LogP contribution >= 0.6 is 0 Å². The molecule has 4 heteroatoms. The molecule has 19 heavy (non-hydrogen) atoms. The largest absolute Gasteiger partial charge is 0.469 e. The third-order valence-corrected chi connectivity index (χ3v) is 3.31. The van der Waals surface area contributed by atoms with E-state index in [1.165, 1.54) is 0 Å². The topological polar surface area (TPSA) is 30.9 Å². The van der Waals surface area contributed by atoms with Gasteiger partial charge in [-0.15, -0.1) is 0 Å². The second kappa shape index (κ2) is 4.37. The third-order valence-electron chi connectivity index (χ3n) is 3.31. The van der Waals surface area contributed by atoms with Crippen molar-refractivity contribution in [2.45, 2.75) is 33.2 Å². The molecule has 0 N–H and O–H groups in total. The van der Waals surface area contributed by atoms with Crippen molar-refractivity contribution in [2.24, 2.45) is 5.41 Å². The van der Waals surface area contributed by atoms with Crippen LogP contribution in [0.1, 0.15) is 33.2 Å². The molecule has 0 saturated heterocycles. The summed E-state index contributed by atoms with van der Waals surface area (Å²) in [4.78, 5) is 0. The Morgan fingerprint density at radius 3 is 2.74 bits per heavy atom. The lowest BCUT2D eigenvalue weighted by Gasteiger charge is -2.20. The molecule has 0 radical (unpaired) electrons. The van der Waals surface area contributed by atoms with Crippen LogP contribution in [-0.4, -0.2) is 16.4 Å². The number of benzene rings is 1. The molecule has 0 amide bonds. The Labute approximate surface area is 113 Å². The lowest BCUT2D eigenvalue weighted by Crippen LogP contribution is -2.37. The zero-order valence-electron chi connectivity index (χ0n) is 11.7. The minimum atomic E-state index is 0.289. The van der Waals surface area contributed by atoms with E-state index in [4.69, 9.17) is 4.74 Å². The molecule has 0 bridgehead atoms. The summed E-state index contributed by atoms with van der Waals surface area (Å²) in [6, 6.07) is 11.2. The molecule has 4 nitrogen and oxygen atoms in total. The molecular weight excluding hydrogens is 238 g/mol. The summed E-state index contributed by atoms with van der Waals surface area (Å²) in [5, 5.41) is 4.50. The number of ether oxygens (including phenoxy) is 1. The smallest absolute Gasteiger partial charge is 0.435 e. The van der Waals surface area contributed by atoms with Crippen LogP contribution in [0.25, 0.3) is 5.69 Å². The van der Waals surface area contributed by atoms with E-state index in [-0.39, 0.29) is 5.41 Å². The van der Waals surface area contributed by atoms with Gasteiger partial charge in [0.25, 0.3) is 0 Å². The van der Waals surface area contributed by atoms with Crippen molar-refractivity contribution in [2.75, 3.05) is 6.61 Å². The summed E-state index contributed by atoms with van der Waals surface area (Å²) < 4.78 is 9.72. The molecular formula is C15H20N3O+. The Morgan fingerprint density at radius 2 is 2.05 bits per heavy atom. The van der Waals surface area contributed by atoms with Gasteiger partial charge in [-0.05, 0) is 24.0 Å². The van der Waals surface area contributed by atoms with E-state index in [0.717, 1.165) is 24.7 Å². The van der Waals surface area contributed by atoms with Crippen molar-refractivity contribution < 1.29 is 9.30 Å². The van der Waals surface area contributed by atoms with Gasteiger partial charge in [-0.1, -0.05) is 43.7 Å². The number of nitrogens with zero attached hydrogens (tertiary/aromatic N) is 3. The van der Waals surface area contributed by atoms with Crippen LogP contribution in [0.5, 0.6) is 6.01 Å². The highest BCUT2D eigenvalue weighted by Gasteiger charge is 2.35. The molecule has 100 valence electrons. The first-order valence-corrected chi connectivity index (χ1v) is 6.72. The summed E-state index contributed by atoms with van der Waals surface area (Å²) >= 11 is 0. The Bertz CT molecular complexity index is 569. The molecule has 0 saturated carbocycles. The number of aromatic nitrogens is 3. The first-order chi connectivity index (χ1) is 9.03. The average Bonchev–Trinajstić information content (AvgIpc) is 2.91. The first kappa shape index (κ1) is 12.2. The summed E-state index contributed by atoms with van der Waals surface area (Å²) in [5.74, 6) is 0. The first-order valence-electron chi connectivity index (χ1n) is 6.72.